The lowest BCUT2D eigenvalue weighted by Crippen LogP contribution is -2.31. The highest BCUT2D eigenvalue weighted by atomic mass is 16.5. The molecule has 1 unspecified atom stereocenters. The van der Waals surface area contributed by atoms with Crippen LogP contribution < -0.4 is 14.2 Å². The van der Waals surface area contributed by atoms with Crippen molar-refractivity contribution in [3.8, 4) is 17.2 Å². The van der Waals surface area contributed by atoms with Gasteiger partial charge in [-0.15, -0.1) is 0 Å². The Balaban J connectivity index is 2.05. The van der Waals surface area contributed by atoms with Crippen LogP contribution in [0.1, 0.15) is 50.3 Å². The number of rotatable bonds is 13. The van der Waals surface area contributed by atoms with E-state index < -0.39 is 17.7 Å². The first-order valence-electron chi connectivity index (χ1n) is 12.3. The summed E-state index contributed by atoms with van der Waals surface area (Å²) in [7, 11) is 3.11. The fraction of sp³-hybridized carbons (Fsp3) is 0.429. The van der Waals surface area contributed by atoms with Crippen LogP contribution in [0.15, 0.2) is 48.0 Å². The Labute approximate surface area is 212 Å². The first kappa shape index (κ1) is 27.1. The van der Waals surface area contributed by atoms with E-state index in [1.165, 1.54) is 12.0 Å². The van der Waals surface area contributed by atoms with Crippen LogP contribution in [0.2, 0.25) is 0 Å². The van der Waals surface area contributed by atoms with Crippen molar-refractivity contribution in [1.82, 2.24) is 4.90 Å². The Morgan fingerprint density at radius 2 is 1.69 bits per heavy atom. The van der Waals surface area contributed by atoms with Crippen LogP contribution >= 0.6 is 0 Å². The Kier molecular flexibility index (Phi) is 9.76. The smallest absolute Gasteiger partial charge is 0.295 e. The Hall–Kier alpha value is -3.52. The number of likely N-dealkylation sites (tertiary alicyclic amines) is 1. The maximum Gasteiger partial charge on any atom is 0.295 e. The SMILES string of the molecule is CCCCOc1ccc(/C(O)=C2\C(=O)C(=O)N(CCCOC)C2c2ccc(OCC)c(OC)c2)cc1. The number of ketones is 1. The molecule has 1 saturated heterocycles. The van der Waals surface area contributed by atoms with E-state index in [-0.39, 0.29) is 11.3 Å². The third-order valence-electron chi connectivity index (χ3n) is 5.99. The average molecular weight is 498 g/mol. The molecule has 1 amide bonds. The van der Waals surface area contributed by atoms with Gasteiger partial charge in [-0.25, -0.2) is 0 Å². The van der Waals surface area contributed by atoms with Gasteiger partial charge in [0, 0.05) is 25.8 Å². The number of unbranched alkanes of at least 4 members (excludes halogenated alkanes) is 1. The van der Waals surface area contributed by atoms with Crippen molar-refractivity contribution < 1.29 is 33.6 Å². The summed E-state index contributed by atoms with van der Waals surface area (Å²) in [4.78, 5) is 27.7. The van der Waals surface area contributed by atoms with Crippen LogP contribution in [-0.4, -0.2) is 62.3 Å². The Morgan fingerprint density at radius 1 is 0.944 bits per heavy atom. The van der Waals surface area contributed by atoms with Gasteiger partial charge in [0.25, 0.3) is 11.7 Å². The molecule has 2 aromatic rings. The number of carbonyl (C=O) groups is 2. The molecule has 1 heterocycles. The van der Waals surface area contributed by atoms with Gasteiger partial charge < -0.3 is 29.0 Å². The predicted octanol–water partition coefficient (Wildman–Crippen LogP) is 4.73. The molecule has 1 fully saturated rings. The molecular formula is C28H35NO7. The summed E-state index contributed by atoms with van der Waals surface area (Å²) in [5.41, 5.74) is 1.09. The highest BCUT2D eigenvalue weighted by Gasteiger charge is 2.46. The summed E-state index contributed by atoms with van der Waals surface area (Å²) in [6.07, 6.45) is 2.51. The normalized spacial score (nSPS) is 16.9. The monoisotopic (exact) mass is 497 g/mol. The number of hydrogen-bond acceptors (Lipinski definition) is 7. The van der Waals surface area contributed by atoms with Crippen molar-refractivity contribution in [2.45, 2.75) is 39.2 Å². The maximum atomic E-state index is 13.2. The molecule has 0 aliphatic carbocycles. The van der Waals surface area contributed by atoms with Crippen molar-refractivity contribution in [2.75, 3.05) is 40.6 Å². The van der Waals surface area contributed by atoms with Crippen molar-refractivity contribution in [2.24, 2.45) is 0 Å². The summed E-state index contributed by atoms with van der Waals surface area (Å²) >= 11 is 0. The highest BCUT2D eigenvalue weighted by Crippen LogP contribution is 2.42. The van der Waals surface area contributed by atoms with E-state index >= 15 is 0 Å². The molecule has 3 rings (SSSR count). The van der Waals surface area contributed by atoms with Crippen LogP contribution in [0.4, 0.5) is 0 Å². The number of ether oxygens (including phenoxy) is 4. The second-order valence-electron chi connectivity index (χ2n) is 8.41. The van der Waals surface area contributed by atoms with Crippen LogP contribution in [0, 0.1) is 0 Å². The number of aliphatic hydroxyl groups excluding tert-OH is 1. The van der Waals surface area contributed by atoms with E-state index in [4.69, 9.17) is 18.9 Å². The third kappa shape index (κ3) is 5.99. The molecular weight excluding hydrogens is 462 g/mol. The quantitative estimate of drug-likeness (QED) is 0.185. The minimum absolute atomic E-state index is 0.0308. The van der Waals surface area contributed by atoms with Gasteiger partial charge in [0.1, 0.15) is 11.5 Å². The van der Waals surface area contributed by atoms with Gasteiger partial charge in [0.05, 0.1) is 31.9 Å². The van der Waals surface area contributed by atoms with Crippen LogP contribution in [0.5, 0.6) is 17.2 Å². The molecule has 194 valence electrons. The van der Waals surface area contributed by atoms with Crippen LogP contribution in [-0.2, 0) is 14.3 Å². The fourth-order valence-electron chi connectivity index (χ4n) is 4.16. The topological polar surface area (TPSA) is 94.5 Å². The number of benzene rings is 2. The molecule has 0 radical (unpaired) electrons. The lowest BCUT2D eigenvalue weighted by molar-refractivity contribution is -0.140. The molecule has 2 aromatic carbocycles. The minimum Gasteiger partial charge on any atom is -0.507 e. The van der Waals surface area contributed by atoms with E-state index in [0.29, 0.717) is 61.2 Å². The summed E-state index contributed by atoms with van der Waals surface area (Å²) in [5.74, 6) is 0.0774. The molecule has 8 heteroatoms. The first-order valence-corrected chi connectivity index (χ1v) is 12.3. The Morgan fingerprint density at radius 3 is 2.33 bits per heavy atom. The van der Waals surface area contributed by atoms with E-state index in [9.17, 15) is 14.7 Å². The number of methoxy groups -OCH3 is 2. The molecule has 0 spiro atoms. The number of amides is 1. The first-order chi connectivity index (χ1) is 17.5. The summed E-state index contributed by atoms with van der Waals surface area (Å²) in [6.45, 7) is 5.75. The van der Waals surface area contributed by atoms with Gasteiger partial charge in [-0.1, -0.05) is 19.4 Å². The van der Waals surface area contributed by atoms with E-state index in [1.807, 2.05) is 6.92 Å². The largest absolute Gasteiger partial charge is 0.507 e. The molecule has 1 N–H and O–H groups in total. The number of carbonyl (C=O) groups excluding carboxylic acids is 2. The summed E-state index contributed by atoms with van der Waals surface area (Å²) < 4.78 is 22.0. The predicted molar refractivity (Wildman–Crippen MR) is 137 cm³/mol. The fourth-order valence-corrected chi connectivity index (χ4v) is 4.16. The average Bonchev–Trinajstić information content (AvgIpc) is 3.14. The lowest BCUT2D eigenvalue weighted by Gasteiger charge is -2.26. The number of aliphatic hydroxyl groups is 1. The van der Waals surface area contributed by atoms with Gasteiger partial charge in [-0.3, -0.25) is 9.59 Å². The summed E-state index contributed by atoms with van der Waals surface area (Å²) in [6, 6.07) is 11.3. The number of Topliss-reactive ketones (excluding diaryl/α,β-unsaturated/α-hetero) is 1. The molecule has 0 aromatic heterocycles. The van der Waals surface area contributed by atoms with E-state index in [2.05, 4.69) is 6.92 Å². The molecule has 0 saturated carbocycles. The van der Waals surface area contributed by atoms with Crippen LogP contribution in [0.25, 0.3) is 5.76 Å². The van der Waals surface area contributed by atoms with Crippen molar-refractivity contribution in [3.63, 3.8) is 0 Å². The number of nitrogens with zero attached hydrogens (tertiary/aromatic N) is 1. The number of hydrogen-bond donors (Lipinski definition) is 1. The van der Waals surface area contributed by atoms with Crippen LogP contribution in [0.3, 0.4) is 0 Å². The zero-order chi connectivity index (χ0) is 26.1. The molecule has 1 aliphatic heterocycles. The zero-order valence-corrected chi connectivity index (χ0v) is 21.4. The molecule has 1 atom stereocenters. The molecule has 0 bridgehead atoms. The van der Waals surface area contributed by atoms with Gasteiger partial charge in [-0.2, -0.15) is 0 Å². The second kappa shape index (κ2) is 13.0. The van der Waals surface area contributed by atoms with Crippen molar-refractivity contribution in [3.05, 3.63) is 59.2 Å². The van der Waals surface area contributed by atoms with Gasteiger partial charge in [0.15, 0.2) is 11.5 Å². The molecule has 36 heavy (non-hydrogen) atoms. The highest BCUT2D eigenvalue weighted by molar-refractivity contribution is 6.46. The summed E-state index contributed by atoms with van der Waals surface area (Å²) in [5, 5.41) is 11.3. The Bertz CT molecular complexity index is 1080. The third-order valence-corrected chi connectivity index (χ3v) is 5.99. The van der Waals surface area contributed by atoms with Crippen molar-refractivity contribution >= 4 is 17.4 Å². The lowest BCUT2D eigenvalue weighted by atomic mass is 9.95. The maximum absolute atomic E-state index is 13.2. The molecule has 1 aliphatic rings. The van der Waals surface area contributed by atoms with E-state index in [1.54, 1.807) is 49.6 Å². The standard InChI is InChI=1S/C28H35NO7/c1-5-7-17-36-21-12-9-19(10-13-21)26(30)24-25(29(15-8-16-33-3)28(32)27(24)31)20-11-14-22(35-6-2)23(18-20)34-4/h9-14,18,25,30H,5-8,15-17H2,1-4H3/b26-24+. The van der Waals surface area contributed by atoms with Crippen molar-refractivity contribution in [1.29, 1.82) is 0 Å². The van der Waals surface area contributed by atoms with Gasteiger partial charge in [0.2, 0.25) is 0 Å². The van der Waals surface area contributed by atoms with E-state index in [0.717, 1.165) is 12.8 Å². The molecule has 8 nitrogen and oxygen atoms in total. The van der Waals surface area contributed by atoms with Gasteiger partial charge >= 0.3 is 0 Å². The second-order valence-corrected chi connectivity index (χ2v) is 8.41. The minimum atomic E-state index is -0.785. The van der Waals surface area contributed by atoms with Gasteiger partial charge in [-0.05, 0) is 61.7 Å². The zero-order valence-electron chi connectivity index (χ0n) is 21.4.